The highest BCUT2D eigenvalue weighted by Crippen LogP contribution is 2.21. The minimum atomic E-state index is -1.02. The Bertz CT molecular complexity index is 905. The van der Waals surface area contributed by atoms with E-state index in [2.05, 4.69) is 10.4 Å². The maximum atomic E-state index is 12.2. The zero-order chi connectivity index (χ0) is 18.5. The lowest BCUT2D eigenvalue weighted by Gasteiger charge is -2.13. The zero-order valence-electron chi connectivity index (χ0n) is 13.9. The van der Waals surface area contributed by atoms with Crippen LogP contribution in [0.3, 0.4) is 0 Å². The topological polar surface area (TPSA) is 86.4 Å². The van der Waals surface area contributed by atoms with Crippen molar-refractivity contribution in [2.24, 2.45) is 0 Å². The Labute approximate surface area is 154 Å². The number of rotatable bonds is 6. The van der Waals surface area contributed by atoms with Gasteiger partial charge in [-0.15, -0.1) is 0 Å². The van der Waals surface area contributed by atoms with Crippen LogP contribution >= 0.6 is 11.6 Å². The summed E-state index contributed by atoms with van der Waals surface area (Å²) in [6, 6.07) is 11.7. The molecule has 0 saturated heterocycles. The number of hydrogen-bond donors (Lipinski definition) is 1. The maximum absolute atomic E-state index is 12.2. The standard InChI is InChI=1S/C18H16ClN3O4/c1-12(17(23)21-15-6-3-2-5-14(15)19)25-18(24)16-8-7-13(26-16)11-22-10-4-9-20-22/h2-10,12H,11H2,1H3,(H,21,23). The van der Waals surface area contributed by atoms with Gasteiger partial charge in [-0.1, -0.05) is 23.7 Å². The van der Waals surface area contributed by atoms with E-state index in [1.54, 1.807) is 53.5 Å². The van der Waals surface area contributed by atoms with E-state index in [0.717, 1.165) is 0 Å². The number of furan rings is 1. The number of nitrogens with one attached hydrogen (secondary N) is 1. The number of carbonyl (C=O) groups excluding carboxylic acids is 2. The highest BCUT2D eigenvalue weighted by Gasteiger charge is 2.22. The number of aromatic nitrogens is 2. The van der Waals surface area contributed by atoms with Crippen molar-refractivity contribution in [1.82, 2.24) is 9.78 Å². The molecule has 3 rings (SSSR count). The van der Waals surface area contributed by atoms with Gasteiger partial charge in [-0.3, -0.25) is 9.48 Å². The van der Waals surface area contributed by atoms with Crippen LogP contribution < -0.4 is 5.32 Å². The first-order chi connectivity index (χ1) is 12.5. The van der Waals surface area contributed by atoms with Gasteiger partial charge in [0.1, 0.15) is 5.76 Å². The first kappa shape index (κ1) is 17.8. The van der Waals surface area contributed by atoms with E-state index < -0.39 is 18.0 Å². The number of para-hydroxylation sites is 1. The number of amides is 1. The summed E-state index contributed by atoms with van der Waals surface area (Å²) in [7, 11) is 0. The Hall–Kier alpha value is -3.06. The van der Waals surface area contributed by atoms with Gasteiger partial charge >= 0.3 is 5.97 Å². The van der Waals surface area contributed by atoms with Crippen molar-refractivity contribution in [1.29, 1.82) is 0 Å². The highest BCUT2D eigenvalue weighted by atomic mass is 35.5. The van der Waals surface area contributed by atoms with Gasteiger partial charge in [-0.2, -0.15) is 5.10 Å². The van der Waals surface area contributed by atoms with E-state index in [4.69, 9.17) is 20.8 Å². The average Bonchev–Trinajstić information content (AvgIpc) is 3.29. The Balaban J connectivity index is 1.58. The van der Waals surface area contributed by atoms with E-state index in [1.807, 2.05) is 0 Å². The lowest BCUT2D eigenvalue weighted by molar-refractivity contribution is -0.123. The monoisotopic (exact) mass is 373 g/mol. The molecule has 2 aromatic heterocycles. The van der Waals surface area contributed by atoms with Crippen LogP contribution in [0.2, 0.25) is 5.02 Å². The molecule has 1 N–H and O–H groups in total. The number of anilines is 1. The molecule has 0 aliphatic rings. The molecule has 0 bridgehead atoms. The summed E-state index contributed by atoms with van der Waals surface area (Å²) in [5, 5.41) is 7.07. The lowest BCUT2D eigenvalue weighted by Crippen LogP contribution is -2.30. The summed E-state index contributed by atoms with van der Waals surface area (Å²) < 4.78 is 12.3. The fourth-order valence-electron chi connectivity index (χ4n) is 2.20. The first-order valence-corrected chi connectivity index (χ1v) is 8.23. The number of benzene rings is 1. The van der Waals surface area contributed by atoms with E-state index in [0.29, 0.717) is 23.0 Å². The summed E-state index contributed by atoms with van der Waals surface area (Å²) in [5.41, 5.74) is 0.446. The molecule has 0 aliphatic carbocycles. The van der Waals surface area contributed by atoms with Crippen LogP contribution in [0.25, 0.3) is 0 Å². The molecule has 0 saturated carbocycles. The first-order valence-electron chi connectivity index (χ1n) is 7.85. The third-order valence-electron chi connectivity index (χ3n) is 3.52. The largest absolute Gasteiger partial charge is 0.452 e. The molecule has 0 fully saturated rings. The van der Waals surface area contributed by atoms with Crippen molar-refractivity contribution in [3.8, 4) is 0 Å². The molecule has 3 aromatic rings. The van der Waals surface area contributed by atoms with Crippen LogP contribution in [-0.4, -0.2) is 27.8 Å². The van der Waals surface area contributed by atoms with Gasteiger partial charge in [-0.25, -0.2) is 4.79 Å². The molecule has 8 heteroatoms. The average molecular weight is 374 g/mol. The van der Waals surface area contributed by atoms with Gasteiger partial charge in [-0.05, 0) is 37.3 Å². The second-order valence-corrected chi connectivity index (χ2v) is 5.89. The summed E-state index contributed by atoms with van der Waals surface area (Å²) in [6.45, 7) is 1.86. The van der Waals surface area contributed by atoms with Crippen molar-refractivity contribution >= 4 is 29.2 Å². The molecule has 0 radical (unpaired) electrons. The maximum Gasteiger partial charge on any atom is 0.375 e. The molecule has 7 nitrogen and oxygen atoms in total. The molecule has 1 aromatic carbocycles. The van der Waals surface area contributed by atoms with Gasteiger partial charge in [0.05, 0.1) is 17.3 Å². The molecule has 1 atom stereocenters. The number of carbonyl (C=O) groups is 2. The number of nitrogens with zero attached hydrogens (tertiary/aromatic N) is 2. The Morgan fingerprint density at radius 1 is 1.27 bits per heavy atom. The molecular formula is C18H16ClN3O4. The van der Waals surface area contributed by atoms with Gasteiger partial charge in [0.25, 0.3) is 5.91 Å². The van der Waals surface area contributed by atoms with E-state index in [9.17, 15) is 9.59 Å². The van der Waals surface area contributed by atoms with Crippen molar-refractivity contribution in [3.05, 3.63) is 71.4 Å². The summed E-state index contributed by atoms with van der Waals surface area (Å²) in [5.74, 6) is -0.647. The fourth-order valence-corrected chi connectivity index (χ4v) is 2.38. The molecule has 1 amide bonds. The van der Waals surface area contributed by atoms with Crippen LogP contribution in [0.1, 0.15) is 23.2 Å². The van der Waals surface area contributed by atoms with Crippen molar-refractivity contribution < 1.29 is 18.7 Å². The number of ether oxygens (including phenoxy) is 1. The zero-order valence-corrected chi connectivity index (χ0v) is 14.6. The van der Waals surface area contributed by atoms with Gasteiger partial charge in [0, 0.05) is 12.4 Å². The SMILES string of the molecule is CC(OC(=O)c1ccc(Cn2cccn2)o1)C(=O)Nc1ccccc1Cl. The predicted octanol–water partition coefficient (Wildman–Crippen LogP) is 3.36. The fraction of sp³-hybridized carbons (Fsp3) is 0.167. The quantitative estimate of drug-likeness (QED) is 0.669. The molecule has 0 spiro atoms. The smallest absolute Gasteiger partial charge is 0.375 e. The second kappa shape index (κ2) is 7.88. The van der Waals surface area contributed by atoms with Crippen LogP contribution in [0.4, 0.5) is 5.69 Å². The number of hydrogen-bond acceptors (Lipinski definition) is 5. The highest BCUT2D eigenvalue weighted by molar-refractivity contribution is 6.33. The van der Waals surface area contributed by atoms with Crippen molar-refractivity contribution in [2.45, 2.75) is 19.6 Å². The summed E-state index contributed by atoms with van der Waals surface area (Å²) in [4.78, 5) is 24.3. The number of halogens is 1. The summed E-state index contributed by atoms with van der Waals surface area (Å²) >= 11 is 5.99. The second-order valence-electron chi connectivity index (χ2n) is 5.49. The molecule has 0 aliphatic heterocycles. The minimum Gasteiger partial charge on any atom is -0.452 e. The molecule has 1 unspecified atom stereocenters. The van der Waals surface area contributed by atoms with E-state index in [1.165, 1.54) is 13.0 Å². The minimum absolute atomic E-state index is 0.0181. The molecule has 2 heterocycles. The van der Waals surface area contributed by atoms with Gasteiger partial charge < -0.3 is 14.5 Å². The van der Waals surface area contributed by atoms with Crippen LogP contribution in [0, 0.1) is 0 Å². The van der Waals surface area contributed by atoms with Crippen LogP contribution in [0.15, 0.2) is 59.3 Å². The molecule has 26 heavy (non-hydrogen) atoms. The van der Waals surface area contributed by atoms with E-state index in [-0.39, 0.29) is 5.76 Å². The van der Waals surface area contributed by atoms with Gasteiger partial charge in [0.15, 0.2) is 6.10 Å². The molecule has 134 valence electrons. The Kier molecular flexibility index (Phi) is 5.38. The van der Waals surface area contributed by atoms with Gasteiger partial charge in [0.2, 0.25) is 5.76 Å². The third kappa shape index (κ3) is 4.31. The predicted molar refractivity (Wildman–Crippen MR) is 95.0 cm³/mol. The Morgan fingerprint density at radius 3 is 2.81 bits per heavy atom. The summed E-state index contributed by atoms with van der Waals surface area (Å²) in [6.07, 6.45) is 2.41. The van der Waals surface area contributed by atoms with E-state index >= 15 is 0 Å². The van der Waals surface area contributed by atoms with Crippen molar-refractivity contribution in [3.63, 3.8) is 0 Å². The normalized spacial score (nSPS) is 11.8. The lowest BCUT2D eigenvalue weighted by atomic mass is 10.3. The van der Waals surface area contributed by atoms with Crippen molar-refractivity contribution in [2.75, 3.05) is 5.32 Å². The molecular weight excluding hydrogens is 358 g/mol. The number of esters is 1. The third-order valence-corrected chi connectivity index (χ3v) is 3.85. The van der Waals surface area contributed by atoms with Crippen LogP contribution in [0.5, 0.6) is 0 Å². The Morgan fingerprint density at radius 2 is 2.08 bits per heavy atom. The van der Waals surface area contributed by atoms with Crippen LogP contribution in [-0.2, 0) is 16.1 Å².